The van der Waals surface area contributed by atoms with Gasteiger partial charge >= 0.3 is 7.82 Å². The molecule has 0 aromatic rings. The van der Waals surface area contributed by atoms with Gasteiger partial charge in [0.15, 0.2) is 0 Å². The van der Waals surface area contributed by atoms with Crippen molar-refractivity contribution in [3.05, 3.63) is 134 Å². The van der Waals surface area contributed by atoms with Crippen molar-refractivity contribution in [3.63, 3.8) is 0 Å². The summed E-state index contributed by atoms with van der Waals surface area (Å²) in [6.45, 7) is 4.69. The summed E-state index contributed by atoms with van der Waals surface area (Å²) < 4.78 is 23.8. The van der Waals surface area contributed by atoms with E-state index in [-0.39, 0.29) is 19.1 Å². The lowest BCUT2D eigenvalue weighted by atomic mass is 10.0. The number of phosphoric ester groups is 1. The standard InChI is InChI=1S/C78H137N2O6P/c1-6-8-10-12-14-16-18-20-22-24-26-28-30-32-34-36-38-39-40-41-42-44-46-48-50-52-54-56-58-60-62-64-66-68-70-72-78(82)79-76(75-86-87(83,84)85-74-73-80(3,4)5)77(81)71-69-67-65-63-61-59-57-55-53-51-49-47-45-43-37-35-33-31-29-27-25-23-21-19-17-15-13-11-9-7-2/h8,10,14,16,20,22,26,28,32,34,38-39,41-42,46,48,52,54,61,63,69,71,76-77,81H,6-7,9,11-13,15,17-19,21,23-25,27,29-31,33,35-37,40,43-45,47,49-51,53,55-60,62,64-68,70,72-75H2,1-5H3,(H-,79,82,83,84)/p+1/b10-8-,16-14-,22-20-,28-26-,34-32-,39-38-,42-41-,48-46-,54-52-,63-61+,71-69+. The first kappa shape index (κ1) is 83.6. The number of hydrogen-bond acceptors (Lipinski definition) is 5. The number of aliphatic hydroxyl groups is 1. The SMILES string of the molecule is CC/C=C\C/C=C\C/C=C\C/C=C\C/C=C\C/C=C\C/C=C\C/C=C\C/C=C\CCCCCCCCCC(=O)NC(COP(=O)(O)OCC[N+](C)(C)C)C(O)/C=C/CC/C=C/CCCCCCCCCCCCCCCCCCCCCCCCCC. The van der Waals surface area contributed by atoms with E-state index in [1.165, 1.54) is 173 Å². The van der Waals surface area contributed by atoms with Crippen LogP contribution < -0.4 is 5.32 Å². The van der Waals surface area contributed by atoms with Crippen LogP contribution in [0.1, 0.15) is 303 Å². The molecule has 0 aliphatic carbocycles. The number of amides is 1. The minimum atomic E-state index is -4.38. The normalized spacial score (nSPS) is 14.4. The Morgan fingerprint density at radius 2 is 0.701 bits per heavy atom. The Balaban J connectivity index is 4.18. The van der Waals surface area contributed by atoms with E-state index >= 15 is 0 Å². The van der Waals surface area contributed by atoms with Gasteiger partial charge < -0.3 is 19.8 Å². The highest BCUT2D eigenvalue weighted by molar-refractivity contribution is 7.47. The zero-order valence-corrected chi connectivity index (χ0v) is 58.1. The maximum absolute atomic E-state index is 13.1. The zero-order valence-electron chi connectivity index (χ0n) is 57.2. The van der Waals surface area contributed by atoms with Gasteiger partial charge in [0.25, 0.3) is 0 Å². The minimum Gasteiger partial charge on any atom is -0.387 e. The van der Waals surface area contributed by atoms with Crippen LogP contribution in [0, 0.1) is 0 Å². The molecule has 0 fully saturated rings. The van der Waals surface area contributed by atoms with Crippen molar-refractivity contribution in [3.8, 4) is 0 Å². The average molecular weight is 1230 g/mol. The minimum absolute atomic E-state index is 0.0472. The number of nitrogens with zero attached hydrogens (tertiary/aromatic N) is 1. The van der Waals surface area contributed by atoms with Crippen molar-refractivity contribution < 1.29 is 32.9 Å². The van der Waals surface area contributed by atoms with E-state index < -0.39 is 20.0 Å². The zero-order chi connectivity index (χ0) is 63.4. The molecule has 0 rings (SSSR count). The third-order valence-electron chi connectivity index (χ3n) is 15.6. The maximum atomic E-state index is 13.1. The number of quaternary nitrogens is 1. The topological polar surface area (TPSA) is 105 Å². The lowest BCUT2D eigenvalue weighted by Gasteiger charge is -2.25. The molecule has 0 aromatic heterocycles. The van der Waals surface area contributed by atoms with E-state index in [2.05, 4.69) is 141 Å². The van der Waals surface area contributed by atoms with Crippen LogP contribution in [0.15, 0.2) is 134 Å². The molecule has 500 valence electrons. The van der Waals surface area contributed by atoms with Crippen LogP contribution in [0.5, 0.6) is 0 Å². The van der Waals surface area contributed by atoms with Crippen LogP contribution >= 0.6 is 7.82 Å². The molecule has 87 heavy (non-hydrogen) atoms. The first-order valence-electron chi connectivity index (χ1n) is 36.1. The van der Waals surface area contributed by atoms with Crippen molar-refractivity contribution in [2.45, 2.75) is 315 Å². The predicted molar refractivity (Wildman–Crippen MR) is 382 cm³/mol. The lowest BCUT2D eigenvalue weighted by Crippen LogP contribution is -2.45. The summed E-state index contributed by atoms with van der Waals surface area (Å²) >= 11 is 0. The van der Waals surface area contributed by atoms with E-state index in [4.69, 9.17) is 9.05 Å². The van der Waals surface area contributed by atoms with Gasteiger partial charge in [-0.1, -0.05) is 327 Å². The highest BCUT2D eigenvalue weighted by Gasteiger charge is 2.28. The molecule has 9 heteroatoms. The first-order valence-corrected chi connectivity index (χ1v) is 37.6. The molecule has 3 N–H and O–H groups in total. The second kappa shape index (κ2) is 67.0. The molecular formula is C78H138N2O6P+. The molecule has 1 amide bonds. The monoisotopic (exact) mass is 1230 g/mol. The third kappa shape index (κ3) is 70.0. The van der Waals surface area contributed by atoms with Gasteiger partial charge in [-0.15, -0.1) is 0 Å². The van der Waals surface area contributed by atoms with Crippen LogP contribution in [0.3, 0.4) is 0 Å². The summed E-state index contributed by atoms with van der Waals surface area (Å²) in [4.78, 5) is 23.4. The maximum Gasteiger partial charge on any atom is 0.472 e. The van der Waals surface area contributed by atoms with Crippen molar-refractivity contribution in [1.29, 1.82) is 0 Å². The number of aliphatic hydroxyl groups excluding tert-OH is 1. The Bertz CT molecular complexity index is 1880. The number of likely N-dealkylation sites (N-methyl/N-ethyl adjacent to an activating group) is 1. The molecule has 0 spiro atoms. The quantitative estimate of drug-likeness (QED) is 0.0243. The molecule has 0 heterocycles. The number of nitrogens with one attached hydrogen (secondary N) is 1. The largest absolute Gasteiger partial charge is 0.472 e. The number of carbonyl (C=O) groups is 1. The molecule has 3 unspecified atom stereocenters. The van der Waals surface area contributed by atoms with Crippen LogP contribution in [-0.4, -0.2) is 73.4 Å². The Labute approximate surface area is 538 Å². The van der Waals surface area contributed by atoms with Gasteiger partial charge in [0.2, 0.25) is 5.91 Å². The molecule has 0 aliphatic heterocycles. The fraction of sp³-hybridized carbons (Fsp3) is 0.705. The molecule has 0 saturated carbocycles. The Hall–Kier alpha value is -3.36. The average Bonchev–Trinajstić information content (AvgIpc) is 3.70. The van der Waals surface area contributed by atoms with Gasteiger partial charge in [-0.05, 0) is 103 Å². The fourth-order valence-electron chi connectivity index (χ4n) is 10.1. The summed E-state index contributed by atoms with van der Waals surface area (Å²) in [5, 5.41) is 14.0. The molecule has 0 saturated heterocycles. The highest BCUT2D eigenvalue weighted by atomic mass is 31.2. The van der Waals surface area contributed by atoms with Gasteiger partial charge in [-0.25, -0.2) is 4.57 Å². The van der Waals surface area contributed by atoms with E-state index in [0.29, 0.717) is 17.4 Å². The van der Waals surface area contributed by atoms with Gasteiger partial charge in [0.1, 0.15) is 13.2 Å². The fourth-order valence-corrected chi connectivity index (χ4v) is 10.8. The molecule has 0 bridgehead atoms. The van der Waals surface area contributed by atoms with Crippen LogP contribution in [0.25, 0.3) is 0 Å². The number of rotatable bonds is 65. The van der Waals surface area contributed by atoms with Gasteiger partial charge in [-0.2, -0.15) is 0 Å². The van der Waals surface area contributed by atoms with E-state index in [1.807, 2.05) is 27.2 Å². The van der Waals surface area contributed by atoms with E-state index in [1.54, 1.807) is 6.08 Å². The van der Waals surface area contributed by atoms with E-state index in [9.17, 15) is 19.4 Å². The predicted octanol–water partition coefficient (Wildman–Crippen LogP) is 23.4. The Kier molecular flexibility index (Phi) is 64.5. The molecular weight excluding hydrogens is 1090 g/mol. The Morgan fingerprint density at radius 1 is 0.402 bits per heavy atom. The van der Waals surface area contributed by atoms with Crippen molar-refractivity contribution in [2.75, 3.05) is 40.9 Å². The number of hydrogen-bond donors (Lipinski definition) is 3. The molecule has 3 atom stereocenters. The third-order valence-corrected chi connectivity index (χ3v) is 16.6. The summed E-state index contributed by atoms with van der Waals surface area (Å²) in [5.74, 6) is -0.201. The molecule has 8 nitrogen and oxygen atoms in total. The van der Waals surface area contributed by atoms with Gasteiger partial charge in [0.05, 0.1) is 39.9 Å². The van der Waals surface area contributed by atoms with E-state index in [0.717, 1.165) is 109 Å². The number of unbranched alkanes of at least 4 members (excludes halogenated alkanes) is 32. The second-order valence-electron chi connectivity index (χ2n) is 25.2. The van der Waals surface area contributed by atoms with Crippen LogP contribution in [0.2, 0.25) is 0 Å². The molecule has 0 aliphatic rings. The van der Waals surface area contributed by atoms with Crippen molar-refractivity contribution in [2.24, 2.45) is 0 Å². The first-order chi connectivity index (χ1) is 42.5. The van der Waals surface area contributed by atoms with Gasteiger partial charge in [-0.3, -0.25) is 13.8 Å². The Morgan fingerprint density at radius 3 is 1.06 bits per heavy atom. The molecule has 0 aromatic carbocycles. The van der Waals surface area contributed by atoms with Crippen LogP contribution in [-0.2, 0) is 18.4 Å². The van der Waals surface area contributed by atoms with Crippen molar-refractivity contribution in [1.82, 2.24) is 5.32 Å². The summed E-state index contributed by atoms with van der Waals surface area (Å²) in [6.07, 6.45) is 102. The van der Waals surface area contributed by atoms with Gasteiger partial charge in [0, 0.05) is 6.42 Å². The smallest absolute Gasteiger partial charge is 0.387 e. The van der Waals surface area contributed by atoms with Crippen molar-refractivity contribution >= 4 is 13.7 Å². The highest BCUT2D eigenvalue weighted by Crippen LogP contribution is 2.43. The summed E-state index contributed by atoms with van der Waals surface area (Å²) in [7, 11) is 1.53. The number of carbonyl (C=O) groups excluding carboxylic acids is 1. The summed E-state index contributed by atoms with van der Waals surface area (Å²) in [6, 6.07) is -0.882. The molecule has 0 radical (unpaired) electrons. The summed E-state index contributed by atoms with van der Waals surface area (Å²) in [5.41, 5.74) is 0. The number of phosphoric acid groups is 1. The number of allylic oxidation sites excluding steroid dienone is 21. The van der Waals surface area contributed by atoms with Crippen LogP contribution in [0.4, 0.5) is 0 Å². The lowest BCUT2D eigenvalue weighted by molar-refractivity contribution is -0.870. The second-order valence-corrected chi connectivity index (χ2v) is 26.7.